The van der Waals surface area contributed by atoms with E-state index < -0.39 is 0 Å². The van der Waals surface area contributed by atoms with E-state index in [9.17, 15) is 0 Å². The summed E-state index contributed by atoms with van der Waals surface area (Å²) >= 11 is 0. The van der Waals surface area contributed by atoms with Crippen LogP contribution in [0.25, 0.3) is 0 Å². The fraction of sp³-hybridized carbons (Fsp3) is 1.00. The molecule has 0 radical (unpaired) electrons. The Morgan fingerprint density at radius 1 is 1.20 bits per heavy atom. The number of likely N-dealkylation sites (tertiary alicyclic amines) is 1. The molecular formula is C12H25N3. The molecule has 2 heterocycles. The third-order valence-electron chi connectivity index (χ3n) is 3.66. The average Bonchev–Trinajstić information content (AvgIpc) is 2.44. The van der Waals surface area contributed by atoms with Crippen molar-refractivity contribution >= 4 is 0 Å². The van der Waals surface area contributed by atoms with Crippen LogP contribution in [0.4, 0.5) is 0 Å². The van der Waals surface area contributed by atoms with Gasteiger partial charge in [-0.1, -0.05) is 13.3 Å². The van der Waals surface area contributed by atoms with Crippen molar-refractivity contribution in [3.8, 4) is 0 Å². The van der Waals surface area contributed by atoms with Crippen LogP contribution in [-0.2, 0) is 0 Å². The molecule has 0 aliphatic carbocycles. The van der Waals surface area contributed by atoms with Crippen molar-refractivity contribution < 1.29 is 0 Å². The van der Waals surface area contributed by atoms with Crippen LogP contribution in [-0.4, -0.2) is 61.7 Å². The number of nitrogens with zero attached hydrogens (tertiary/aromatic N) is 2. The molecule has 1 N–H and O–H groups in total. The molecular weight excluding hydrogens is 186 g/mol. The van der Waals surface area contributed by atoms with E-state index >= 15 is 0 Å². The van der Waals surface area contributed by atoms with Gasteiger partial charge in [0.05, 0.1) is 0 Å². The highest BCUT2D eigenvalue weighted by atomic mass is 15.3. The van der Waals surface area contributed by atoms with Gasteiger partial charge in [0, 0.05) is 32.2 Å². The summed E-state index contributed by atoms with van der Waals surface area (Å²) in [5, 5.41) is 3.47. The lowest BCUT2D eigenvalue weighted by atomic mass is 10.1. The minimum absolute atomic E-state index is 0.863. The second-order valence-electron chi connectivity index (χ2n) is 4.91. The van der Waals surface area contributed by atoms with Crippen LogP contribution >= 0.6 is 0 Å². The molecule has 2 fully saturated rings. The lowest BCUT2D eigenvalue weighted by molar-refractivity contribution is 0.0369. The zero-order valence-corrected chi connectivity index (χ0v) is 10.0. The lowest BCUT2D eigenvalue weighted by Gasteiger charge is -2.45. The van der Waals surface area contributed by atoms with E-state index in [2.05, 4.69) is 22.0 Å². The van der Waals surface area contributed by atoms with Gasteiger partial charge in [-0.2, -0.15) is 0 Å². The van der Waals surface area contributed by atoms with Crippen molar-refractivity contribution in [2.24, 2.45) is 0 Å². The molecule has 0 aromatic heterocycles. The van der Waals surface area contributed by atoms with Crippen LogP contribution in [0.1, 0.15) is 26.2 Å². The van der Waals surface area contributed by atoms with Crippen molar-refractivity contribution in [2.75, 3.05) is 45.8 Å². The predicted molar refractivity (Wildman–Crippen MR) is 64.2 cm³/mol. The van der Waals surface area contributed by atoms with Gasteiger partial charge >= 0.3 is 0 Å². The van der Waals surface area contributed by atoms with E-state index in [1.54, 1.807) is 0 Å². The first kappa shape index (κ1) is 11.4. The van der Waals surface area contributed by atoms with Gasteiger partial charge in [-0.15, -0.1) is 0 Å². The number of hydrogen-bond acceptors (Lipinski definition) is 3. The molecule has 0 atom stereocenters. The molecule has 2 saturated heterocycles. The fourth-order valence-electron chi connectivity index (χ4n) is 2.57. The molecule has 0 aromatic rings. The molecule has 88 valence electrons. The summed E-state index contributed by atoms with van der Waals surface area (Å²) in [7, 11) is 0. The molecule has 0 aromatic carbocycles. The monoisotopic (exact) mass is 211 g/mol. The first-order valence-corrected chi connectivity index (χ1v) is 6.57. The summed E-state index contributed by atoms with van der Waals surface area (Å²) in [6.45, 7) is 11.2. The Morgan fingerprint density at radius 3 is 2.87 bits per heavy atom. The van der Waals surface area contributed by atoms with Gasteiger partial charge in [0.2, 0.25) is 0 Å². The van der Waals surface area contributed by atoms with Crippen LogP contribution in [0.15, 0.2) is 0 Å². The maximum Gasteiger partial charge on any atom is 0.0351 e. The Hall–Kier alpha value is -0.120. The van der Waals surface area contributed by atoms with E-state index in [1.807, 2.05) is 0 Å². The molecule has 0 amide bonds. The molecule has 0 bridgehead atoms. The Kier molecular flexibility index (Phi) is 4.42. The summed E-state index contributed by atoms with van der Waals surface area (Å²) in [5.41, 5.74) is 0. The van der Waals surface area contributed by atoms with E-state index in [1.165, 1.54) is 65.1 Å². The fourth-order valence-corrected chi connectivity index (χ4v) is 2.57. The third kappa shape index (κ3) is 3.16. The minimum atomic E-state index is 0.863. The topological polar surface area (TPSA) is 18.5 Å². The van der Waals surface area contributed by atoms with E-state index in [0.717, 1.165) is 6.04 Å². The molecule has 3 heteroatoms. The zero-order chi connectivity index (χ0) is 10.5. The van der Waals surface area contributed by atoms with Crippen LogP contribution < -0.4 is 5.32 Å². The van der Waals surface area contributed by atoms with Gasteiger partial charge in [-0.05, 0) is 32.5 Å². The normalized spacial score (nSPS) is 26.2. The van der Waals surface area contributed by atoms with E-state index in [-0.39, 0.29) is 0 Å². The van der Waals surface area contributed by atoms with Crippen molar-refractivity contribution in [3.63, 3.8) is 0 Å². The van der Waals surface area contributed by atoms with Gasteiger partial charge in [0.15, 0.2) is 0 Å². The summed E-state index contributed by atoms with van der Waals surface area (Å²) in [6.07, 6.45) is 4.02. The molecule has 3 nitrogen and oxygen atoms in total. The highest BCUT2D eigenvalue weighted by Gasteiger charge is 2.30. The van der Waals surface area contributed by atoms with E-state index in [0.29, 0.717) is 0 Å². The standard InChI is InChI=1S/C12H25N3/c1-2-3-7-14-10-12(11-14)15-8-4-5-13-6-9-15/h12-13H,2-11H2,1H3. The molecule has 0 saturated carbocycles. The van der Waals surface area contributed by atoms with Gasteiger partial charge in [0.1, 0.15) is 0 Å². The highest BCUT2D eigenvalue weighted by molar-refractivity contribution is 4.88. The lowest BCUT2D eigenvalue weighted by Crippen LogP contribution is -2.59. The number of nitrogens with one attached hydrogen (secondary N) is 1. The number of unbranched alkanes of at least 4 members (excludes halogenated alkanes) is 1. The smallest absolute Gasteiger partial charge is 0.0351 e. The van der Waals surface area contributed by atoms with Crippen molar-refractivity contribution in [1.29, 1.82) is 0 Å². The summed E-state index contributed by atoms with van der Waals surface area (Å²) < 4.78 is 0. The largest absolute Gasteiger partial charge is 0.315 e. The third-order valence-corrected chi connectivity index (χ3v) is 3.66. The Labute approximate surface area is 93.8 Å². The second-order valence-corrected chi connectivity index (χ2v) is 4.91. The van der Waals surface area contributed by atoms with Crippen LogP contribution in [0.3, 0.4) is 0 Å². The maximum atomic E-state index is 3.47. The van der Waals surface area contributed by atoms with Gasteiger partial charge in [-0.25, -0.2) is 0 Å². The maximum absolute atomic E-state index is 3.47. The highest BCUT2D eigenvalue weighted by Crippen LogP contribution is 2.16. The zero-order valence-electron chi connectivity index (χ0n) is 10.0. The molecule has 0 spiro atoms. The first-order valence-electron chi connectivity index (χ1n) is 6.57. The predicted octanol–water partition coefficient (Wildman–Crippen LogP) is 0.766. The Balaban J connectivity index is 1.64. The van der Waals surface area contributed by atoms with E-state index in [4.69, 9.17) is 0 Å². The number of hydrogen-bond donors (Lipinski definition) is 1. The first-order chi connectivity index (χ1) is 7.40. The second kappa shape index (κ2) is 5.83. The Morgan fingerprint density at radius 2 is 2.07 bits per heavy atom. The van der Waals surface area contributed by atoms with Gasteiger partial charge < -0.3 is 10.2 Å². The summed E-state index contributed by atoms with van der Waals surface area (Å²) in [6, 6.07) is 0.863. The Bertz CT molecular complexity index is 170. The van der Waals surface area contributed by atoms with Crippen LogP contribution in [0.5, 0.6) is 0 Å². The molecule has 2 rings (SSSR count). The van der Waals surface area contributed by atoms with Gasteiger partial charge in [-0.3, -0.25) is 4.90 Å². The van der Waals surface area contributed by atoms with Gasteiger partial charge in [0.25, 0.3) is 0 Å². The summed E-state index contributed by atoms with van der Waals surface area (Å²) in [4.78, 5) is 5.29. The quantitative estimate of drug-likeness (QED) is 0.741. The van der Waals surface area contributed by atoms with Crippen molar-refractivity contribution in [2.45, 2.75) is 32.2 Å². The SMILES string of the molecule is CCCCN1CC(N2CCCNCC2)C1. The minimum Gasteiger partial charge on any atom is -0.315 e. The summed E-state index contributed by atoms with van der Waals surface area (Å²) in [5.74, 6) is 0. The molecule has 2 aliphatic rings. The van der Waals surface area contributed by atoms with Crippen LogP contribution in [0.2, 0.25) is 0 Å². The molecule has 15 heavy (non-hydrogen) atoms. The van der Waals surface area contributed by atoms with Crippen molar-refractivity contribution in [1.82, 2.24) is 15.1 Å². The van der Waals surface area contributed by atoms with Crippen LogP contribution in [0, 0.1) is 0 Å². The molecule has 2 aliphatic heterocycles. The number of rotatable bonds is 4. The van der Waals surface area contributed by atoms with Crippen molar-refractivity contribution in [3.05, 3.63) is 0 Å². The molecule has 0 unspecified atom stereocenters. The average molecular weight is 211 g/mol.